The lowest BCUT2D eigenvalue weighted by Crippen LogP contribution is -2.20. The highest BCUT2D eigenvalue weighted by atomic mass is 19.4. The van der Waals surface area contributed by atoms with E-state index in [2.05, 4.69) is 10.1 Å². The Bertz CT molecular complexity index is 539. The highest BCUT2D eigenvalue weighted by Crippen LogP contribution is 2.18. The molecule has 2 aromatic rings. The molecule has 0 heterocycles. The minimum atomic E-state index is -4.26. The molecule has 102 valence electrons. The quantitative estimate of drug-likeness (QED) is 0.833. The van der Waals surface area contributed by atoms with Gasteiger partial charge in [-0.1, -0.05) is 30.3 Å². The second-order valence-corrected chi connectivity index (χ2v) is 4.16. The van der Waals surface area contributed by atoms with E-state index < -0.39 is 12.8 Å². The molecule has 0 aliphatic carbocycles. The fourth-order valence-electron chi connectivity index (χ4n) is 1.75. The highest BCUT2D eigenvalue weighted by Gasteiger charge is 2.27. The van der Waals surface area contributed by atoms with Gasteiger partial charge in [-0.3, -0.25) is 0 Å². The summed E-state index contributed by atoms with van der Waals surface area (Å²) in [5.74, 6) is 0. The Morgan fingerprint density at radius 1 is 1.00 bits per heavy atom. The van der Waals surface area contributed by atoms with Gasteiger partial charge in [-0.15, -0.1) is 0 Å². The third kappa shape index (κ3) is 4.44. The largest absolute Gasteiger partial charge is 0.411 e. The van der Waals surface area contributed by atoms with Crippen molar-refractivity contribution in [3.05, 3.63) is 42.5 Å². The number of alkyl halides is 3. The summed E-state index contributed by atoms with van der Waals surface area (Å²) in [5.41, 5.74) is 0.870. The Balaban J connectivity index is 1.82. The molecule has 0 bridgehead atoms. The van der Waals surface area contributed by atoms with E-state index in [9.17, 15) is 13.2 Å². The molecule has 0 saturated carbocycles. The summed E-state index contributed by atoms with van der Waals surface area (Å²) < 4.78 is 40.0. The number of benzene rings is 2. The predicted molar refractivity (Wildman–Crippen MR) is 69.3 cm³/mol. The van der Waals surface area contributed by atoms with Gasteiger partial charge in [0.05, 0.1) is 6.61 Å². The van der Waals surface area contributed by atoms with Gasteiger partial charge < -0.3 is 10.1 Å². The van der Waals surface area contributed by atoms with Crippen molar-refractivity contribution in [3.63, 3.8) is 0 Å². The van der Waals surface area contributed by atoms with Crippen molar-refractivity contribution in [2.45, 2.75) is 6.18 Å². The molecule has 0 aliphatic heterocycles. The minimum absolute atomic E-state index is 0.0202. The molecule has 19 heavy (non-hydrogen) atoms. The number of hydrogen-bond acceptors (Lipinski definition) is 2. The van der Waals surface area contributed by atoms with E-state index >= 15 is 0 Å². The number of fused-ring (bicyclic) bond motifs is 1. The van der Waals surface area contributed by atoms with Crippen molar-refractivity contribution in [1.82, 2.24) is 0 Å². The second-order valence-electron chi connectivity index (χ2n) is 4.16. The van der Waals surface area contributed by atoms with Gasteiger partial charge in [0.2, 0.25) is 0 Å². The van der Waals surface area contributed by atoms with Crippen molar-refractivity contribution < 1.29 is 17.9 Å². The maximum Gasteiger partial charge on any atom is 0.411 e. The summed E-state index contributed by atoms with van der Waals surface area (Å²) >= 11 is 0. The van der Waals surface area contributed by atoms with Crippen LogP contribution < -0.4 is 5.32 Å². The Morgan fingerprint density at radius 2 is 1.74 bits per heavy atom. The zero-order chi connectivity index (χ0) is 13.7. The molecule has 0 unspecified atom stereocenters. The van der Waals surface area contributed by atoms with Crippen LogP contribution in [0.3, 0.4) is 0 Å². The van der Waals surface area contributed by atoms with Gasteiger partial charge in [0.25, 0.3) is 0 Å². The van der Waals surface area contributed by atoms with Gasteiger partial charge in [-0.2, -0.15) is 13.2 Å². The summed E-state index contributed by atoms with van der Waals surface area (Å²) in [6, 6.07) is 13.7. The first-order valence-corrected chi connectivity index (χ1v) is 5.92. The van der Waals surface area contributed by atoms with Crippen LogP contribution in [0.5, 0.6) is 0 Å². The van der Waals surface area contributed by atoms with Crippen molar-refractivity contribution in [2.75, 3.05) is 25.1 Å². The summed E-state index contributed by atoms with van der Waals surface area (Å²) in [5, 5.41) is 5.24. The fourth-order valence-corrected chi connectivity index (χ4v) is 1.75. The van der Waals surface area contributed by atoms with Crippen molar-refractivity contribution >= 4 is 16.5 Å². The van der Waals surface area contributed by atoms with E-state index in [1.165, 1.54) is 0 Å². The molecule has 0 aliphatic rings. The average Bonchev–Trinajstić information content (AvgIpc) is 2.37. The molecule has 0 spiro atoms. The number of halogens is 3. The molecule has 0 amide bonds. The third-order valence-electron chi connectivity index (χ3n) is 2.59. The van der Waals surface area contributed by atoms with Crippen LogP contribution in [0.2, 0.25) is 0 Å². The molecule has 0 aromatic heterocycles. The zero-order valence-electron chi connectivity index (χ0n) is 10.2. The van der Waals surface area contributed by atoms with Crippen molar-refractivity contribution in [3.8, 4) is 0 Å². The lowest BCUT2D eigenvalue weighted by atomic mass is 10.1. The second kappa shape index (κ2) is 5.93. The topological polar surface area (TPSA) is 21.3 Å². The van der Waals surface area contributed by atoms with Gasteiger partial charge in [0.1, 0.15) is 6.61 Å². The van der Waals surface area contributed by atoms with E-state index in [-0.39, 0.29) is 6.61 Å². The predicted octanol–water partition coefficient (Wildman–Crippen LogP) is 3.83. The Morgan fingerprint density at radius 3 is 2.47 bits per heavy atom. The van der Waals surface area contributed by atoms with Crippen LogP contribution >= 0.6 is 0 Å². The molecule has 1 N–H and O–H groups in total. The molecule has 2 nitrogen and oxygen atoms in total. The fraction of sp³-hybridized carbons (Fsp3) is 0.286. The van der Waals surface area contributed by atoms with E-state index in [1.807, 2.05) is 42.5 Å². The van der Waals surface area contributed by atoms with Crippen LogP contribution in [0.1, 0.15) is 0 Å². The number of ether oxygens (including phenoxy) is 1. The van der Waals surface area contributed by atoms with Crippen LogP contribution in [0.4, 0.5) is 18.9 Å². The molecule has 0 radical (unpaired) electrons. The first-order chi connectivity index (χ1) is 9.04. The van der Waals surface area contributed by atoms with Crippen LogP contribution in [-0.4, -0.2) is 25.9 Å². The normalized spacial score (nSPS) is 11.7. The van der Waals surface area contributed by atoms with Gasteiger partial charge in [0, 0.05) is 12.2 Å². The highest BCUT2D eigenvalue weighted by molar-refractivity contribution is 5.85. The molecule has 2 aromatic carbocycles. The molecule has 0 fully saturated rings. The maximum absolute atomic E-state index is 11.8. The first kappa shape index (κ1) is 13.7. The van der Waals surface area contributed by atoms with Crippen LogP contribution in [0, 0.1) is 0 Å². The standard InChI is InChI=1S/C14H14F3NO/c15-14(16,17)10-19-8-7-18-13-6-5-11-3-1-2-4-12(11)9-13/h1-6,9,18H,7-8,10H2. The van der Waals surface area contributed by atoms with E-state index in [0.717, 1.165) is 16.5 Å². The summed E-state index contributed by atoms with van der Waals surface area (Å²) in [4.78, 5) is 0. The van der Waals surface area contributed by atoms with Crippen molar-refractivity contribution in [1.29, 1.82) is 0 Å². The van der Waals surface area contributed by atoms with E-state index in [0.29, 0.717) is 6.54 Å². The number of anilines is 1. The van der Waals surface area contributed by atoms with Gasteiger partial charge in [-0.05, 0) is 22.9 Å². The lowest BCUT2D eigenvalue weighted by molar-refractivity contribution is -0.172. The zero-order valence-corrected chi connectivity index (χ0v) is 10.2. The Hall–Kier alpha value is -1.75. The molecule has 2 rings (SSSR count). The molecule has 0 saturated heterocycles. The van der Waals surface area contributed by atoms with Crippen LogP contribution in [0.25, 0.3) is 10.8 Å². The molecular weight excluding hydrogens is 255 g/mol. The summed E-state index contributed by atoms with van der Waals surface area (Å²) in [6.07, 6.45) is -4.26. The van der Waals surface area contributed by atoms with Gasteiger partial charge in [0.15, 0.2) is 0 Å². The van der Waals surface area contributed by atoms with E-state index in [4.69, 9.17) is 0 Å². The summed E-state index contributed by atoms with van der Waals surface area (Å²) in [7, 11) is 0. The smallest absolute Gasteiger partial charge is 0.383 e. The SMILES string of the molecule is FC(F)(F)COCCNc1ccc2ccccc2c1. The van der Waals surface area contributed by atoms with Crippen LogP contribution in [-0.2, 0) is 4.74 Å². The lowest BCUT2D eigenvalue weighted by Gasteiger charge is -2.09. The number of hydrogen-bond donors (Lipinski definition) is 1. The maximum atomic E-state index is 11.8. The average molecular weight is 269 g/mol. The van der Waals surface area contributed by atoms with Gasteiger partial charge >= 0.3 is 6.18 Å². The molecule has 0 atom stereocenters. The Labute approximate surface area is 109 Å². The van der Waals surface area contributed by atoms with Crippen molar-refractivity contribution in [2.24, 2.45) is 0 Å². The Kier molecular flexibility index (Phi) is 4.27. The van der Waals surface area contributed by atoms with Gasteiger partial charge in [-0.25, -0.2) is 0 Å². The first-order valence-electron chi connectivity index (χ1n) is 5.92. The molecule has 5 heteroatoms. The number of rotatable bonds is 5. The summed E-state index contributed by atoms with van der Waals surface area (Å²) in [6.45, 7) is -0.840. The molecular formula is C14H14F3NO. The number of nitrogens with one attached hydrogen (secondary N) is 1. The minimum Gasteiger partial charge on any atom is -0.383 e. The monoisotopic (exact) mass is 269 g/mol. The third-order valence-corrected chi connectivity index (χ3v) is 2.59. The van der Waals surface area contributed by atoms with Crippen LogP contribution in [0.15, 0.2) is 42.5 Å². The van der Waals surface area contributed by atoms with E-state index in [1.54, 1.807) is 0 Å².